The fraction of sp³-hybridized carbons (Fsp3) is 0.556. The zero-order chi connectivity index (χ0) is 17.3. The van der Waals surface area contributed by atoms with Crippen LogP contribution in [-0.2, 0) is 4.79 Å². The number of hydrogen-bond acceptors (Lipinski definition) is 4. The lowest BCUT2D eigenvalue weighted by atomic mass is 9.69. The molecule has 3 rings (SSSR count). The van der Waals surface area contributed by atoms with Crippen LogP contribution in [0.4, 0.5) is 0 Å². The van der Waals surface area contributed by atoms with Gasteiger partial charge in [0.05, 0.1) is 6.54 Å². The third-order valence-corrected chi connectivity index (χ3v) is 5.28. The lowest BCUT2D eigenvalue weighted by Gasteiger charge is -2.42. The van der Waals surface area contributed by atoms with Gasteiger partial charge in [-0.3, -0.25) is 14.8 Å². The summed E-state index contributed by atoms with van der Waals surface area (Å²) < 4.78 is 5.82. The summed E-state index contributed by atoms with van der Waals surface area (Å²) in [6.45, 7) is 5.70. The highest BCUT2D eigenvalue weighted by molar-refractivity contribution is 5.93. The SMILES string of the molecule is CC1CN(C(=O)C2(C)CCC2)CCOc2cc(C(=O)NO)ccc21. The van der Waals surface area contributed by atoms with E-state index in [-0.39, 0.29) is 17.2 Å². The average Bonchev–Trinajstić information content (AvgIpc) is 2.55. The predicted molar refractivity (Wildman–Crippen MR) is 88.1 cm³/mol. The Kier molecular flexibility index (Phi) is 4.49. The van der Waals surface area contributed by atoms with Gasteiger partial charge in [-0.05, 0) is 30.5 Å². The molecule has 2 N–H and O–H groups in total. The zero-order valence-corrected chi connectivity index (χ0v) is 14.2. The highest BCUT2D eigenvalue weighted by Gasteiger charge is 2.42. The van der Waals surface area contributed by atoms with E-state index < -0.39 is 5.91 Å². The third-order valence-electron chi connectivity index (χ3n) is 5.28. The minimum Gasteiger partial charge on any atom is -0.491 e. The first-order valence-corrected chi connectivity index (χ1v) is 8.45. The molecule has 2 amide bonds. The Morgan fingerprint density at radius 1 is 1.38 bits per heavy atom. The second-order valence-electron chi connectivity index (χ2n) is 7.11. The molecule has 1 unspecified atom stereocenters. The number of rotatable bonds is 2. The molecule has 1 saturated carbocycles. The molecule has 0 radical (unpaired) electrons. The van der Waals surface area contributed by atoms with Crippen molar-refractivity contribution in [1.29, 1.82) is 0 Å². The van der Waals surface area contributed by atoms with Gasteiger partial charge in [0, 0.05) is 23.4 Å². The number of nitrogens with zero attached hydrogens (tertiary/aromatic N) is 1. The summed E-state index contributed by atoms with van der Waals surface area (Å²) in [5, 5.41) is 8.76. The summed E-state index contributed by atoms with van der Waals surface area (Å²) in [6, 6.07) is 5.14. The quantitative estimate of drug-likeness (QED) is 0.643. The molecule has 1 aliphatic heterocycles. The fourth-order valence-electron chi connectivity index (χ4n) is 3.55. The topological polar surface area (TPSA) is 78.9 Å². The summed E-state index contributed by atoms with van der Waals surface area (Å²) in [7, 11) is 0. The van der Waals surface area contributed by atoms with Crippen molar-refractivity contribution in [3.8, 4) is 5.75 Å². The van der Waals surface area contributed by atoms with Crippen molar-refractivity contribution in [1.82, 2.24) is 10.4 Å². The summed E-state index contributed by atoms with van der Waals surface area (Å²) in [5.41, 5.74) is 2.75. The zero-order valence-electron chi connectivity index (χ0n) is 14.2. The van der Waals surface area contributed by atoms with Crippen LogP contribution in [0.3, 0.4) is 0 Å². The molecule has 1 aliphatic carbocycles. The van der Waals surface area contributed by atoms with E-state index >= 15 is 0 Å². The molecule has 1 heterocycles. The maximum atomic E-state index is 12.8. The van der Waals surface area contributed by atoms with E-state index in [4.69, 9.17) is 9.94 Å². The Bertz CT molecular complexity index is 654. The van der Waals surface area contributed by atoms with Gasteiger partial charge < -0.3 is 9.64 Å². The smallest absolute Gasteiger partial charge is 0.274 e. The molecule has 1 fully saturated rings. The Labute approximate surface area is 141 Å². The number of carbonyl (C=O) groups is 2. The summed E-state index contributed by atoms with van der Waals surface area (Å²) >= 11 is 0. The lowest BCUT2D eigenvalue weighted by molar-refractivity contribution is -0.146. The van der Waals surface area contributed by atoms with Gasteiger partial charge in [-0.25, -0.2) is 5.48 Å². The second kappa shape index (κ2) is 6.43. The molecule has 0 spiro atoms. The normalized spacial score (nSPS) is 22.3. The van der Waals surface area contributed by atoms with Gasteiger partial charge in [0.2, 0.25) is 5.91 Å². The first kappa shape index (κ1) is 16.8. The predicted octanol–water partition coefficient (Wildman–Crippen LogP) is 2.32. The molecule has 130 valence electrons. The average molecular weight is 332 g/mol. The monoisotopic (exact) mass is 332 g/mol. The Balaban J connectivity index is 1.80. The number of hydroxylamine groups is 1. The van der Waals surface area contributed by atoms with Gasteiger partial charge in [-0.15, -0.1) is 0 Å². The Morgan fingerprint density at radius 2 is 2.12 bits per heavy atom. The van der Waals surface area contributed by atoms with Gasteiger partial charge in [0.25, 0.3) is 5.91 Å². The van der Waals surface area contributed by atoms with Crippen LogP contribution in [0, 0.1) is 5.41 Å². The maximum absolute atomic E-state index is 12.8. The van der Waals surface area contributed by atoms with Gasteiger partial charge in [-0.1, -0.05) is 26.3 Å². The molecular weight excluding hydrogens is 308 g/mol. The van der Waals surface area contributed by atoms with Crippen LogP contribution < -0.4 is 10.2 Å². The van der Waals surface area contributed by atoms with E-state index in [0.29, 0.717) is 31.0 Å². The first-order valence-electron chi connectivity index (χ1n) is 8.45. The lowest BCUT2D eigenvalue weighted by Crippen LogP contribution is -2.49. The van der Waals surface area contributed by atoms with E-state index in [1.165, 1.54) is 0 Å². The number of hydrogen-bond donors (Lipinski definition) is 2. The number of fused-ring (bicyclic) bond motifs is 1. The second-order valence-corrected chi connectivity index (χ2v) is 7.11. The van der Waals surface area contributed by atoms with Crippen molar-refractivity contribution >= 4 is 11.8 Å². The van der Waals surface area contributed by atoms with Gasteiger partial charge in [-0.2, -0.15) is 0 Å². The van der Waals surface area contributed by atoms with Crippen molar-refractivity contribution in [2.24, 2.45) is 5.41 Å². The van der Waals surface area contributed by atoms with Crippen molar-refractivity contribution in [2.45, 2.75) is 39.0 Å². The number of benzene rings is 1. The molecule has 6 nitrogen and oxygen atoms in total. The van der Waals surface area contributed by atoms with E-state index in [1.54, 1.807) is 17.6 Å². The number of amides is 2. The standard InChI is InChI=1S/C18H24N2O4/c1-12-11-20(17(22)18(2)6-3-7-18)8-9-24-15-10-13(16(21)19-23)4-5-14(12)15/h4-5,10,12,23H,3,6-9,11H2,1-2H3,(H,19,21). The fourth-order valence-corrected chi connectivity index (χ4v) is 3.55. The van der Waals surface area contributed by atoms with Crippen molar-refractivity contribution in [3.05, 3.63) is 29.3 Å². The van der Waals surface area contributed by atoms with Crippen LogP contribution in [0.2, 0.25) is 0 Å². The van der Waals surface area contributed by atoms with Crippen molar-refractivity contribution in [2.75, 3.05) is 19.7 Å². The third kappa shape index (κ3) is 2.98. The van der Waals surface area contributed by atoms with Crippen LogP contribution in [0.1, 0.15) is 54.9 Å². The van der Waals surface area contributed by atoms with Crippen LogP contribution in [0.5, 0.6) is 5.75 Å². The summed E-state index contributed by atoms with van der Waals surface area (Å²) in [5.74, 6) is 0.416. The van der Waals surface area contributed by atoms with Crippen LogP contribution in [0.25, 0.3) is 0 Å². The molecule has 0 bridgehead atoms. The molecule has 1 aromatic rings. The molecule has 1 aromatic carbocycles. The number of ether oxygens (including phenoxy) is 1. The number of nitrogens with one attached hydrogen (secondary N) is 1. The van der Waals surface area contributed by atoms with Crippen molar-refractivity contribution < 1.29 is 19.5 Å². The van der Waals surface area contributed by atoms with Crippen LogP contribution in [-0.4, -0.2) is 41.6 Å². The molecule has 0 aromatic heterocycles. The molecule has 1 atom stereocenters. The first-order chi connectivity index (χ1) is 11.4. The molecule has 2 aliphatic rings. The molecule has 24 heavy (non-hydrogen) atoms. The van der Waals surface area contributed by atoms with E-state index in [2.05, 4.69) is 13.8 Å². The minimum absolute atomic E-state index is 0.110. The maximum Gasteiger partial charge on any atom is 0.274 e. The Hall–Kier alpha value is -2.08. The van der Waals surface area contributed by atoms with Crippen LogP contribution >= 0.6 is 0 Å². The van der Waals surface area contributed by atoms with E-state index in [0.717, 1.165) is 24.8 Å². The van der Waals surface area contributed by atoms with Crippen LogP contribution in [0.15, 0.2) is 18.2 Å². The minimum atomic E-state index is -0.564. The molecule has 0 saturated heterocycles. The van der Waals surface area contributed by atoms with Gasteiger partial charge in [0.1, 0.15) is 12.4 Å². The largest absolute Gasteiger partial charge is 0.491 e. The van der Waals surface area contributed by atoms with Gasteiger partial charge in [0.15, 0.2) is 0 Å². The van der Waals surface area contributed by atoms with E-state index in [1.807, 2.05) is 11.0 Å². The summed E-state index contributed by atoms with van der Waals surface area (Å²) in [4.78, 5) is 26.3. The van der Waals surface area contributed by atoms with Gasteiger partial charge >= 0.3 is 0 Å². The highest BCUT2D eigenvalue weighted by atomic mass is 16.5. The molecular formula is C18H24N2O4. The Morgan fingerprint density at radius 3 is 2.75 bits per heavy atom. The summed E-state index contributed by atoms with van der Waals surface area (Å²) in [6.07, 6.45) is 3.06. The highest BCUT2D eigenvalue weighted by Crippen LogP contribution is 2.42. The van der Waals surface area contributed by atoms with Crippen molar-refractivity contribution in [3.63, 3.8) is 0 Å². The number of carbonyl (C=O) groups excluding carboxylic acids is 2. The van der Waals surface area contributed by atoms with E-state index in [9.17, 15) is 9.59 Å². The molecule has 6 heteroatoms.